The van der Waals surface area contributed by atoms with Crippen molar-refractivity contribution in [3.05, 3.63) is 17.3 Å². The molecule has 21 heavy (non-hydrogen) atoms. The van der Waals surface area contributed by atoms with E-state index in [-0.39, 0.29) is 40.3 Å². The van der Waals surface area contributed by atoms with Crippen LogP contribution in [-0.4, -0.2) is 56.1 Å². The third kappa shape index (κ3) is 2.96. The summed E-state index contributed by atoms with van der Waals surface area (Å²) in [5, 5.41) is 3.38. The average molecular weight is 355 g/mol. The molecule has 10 heteroatoms. The Labute approximate surface area is 134 Å². The van der Waals surface area contributed by atoms with Crippen molar-refractivity contribution in [3.8, 4) is 0 Å². The summed E-state index contributed by atoms with van der Waals surface area (Å²) in [5.41, 5.74) is 5.70. The minimum absolute atomic E-state index is 0. The summed E-state index contributed by atoms with van der Waals surface area (Å²) in [7, 11) is -3.73. The Morgan fingerprint density at radius 3 is 3.00 bits per heavy atom. The van der Waals surface area contributed by atoms with Gasteiger partial charge in [0.05, 0.1) is 23.8 Å². The Morgan fingerprint density at radius 2 is 2.24 bits per heavy atom. The Kier molecular flexibility index (Phi) is 4.96. The molecule has 0 spiro atoms. The molecular weight excluding hydrogens is 339 g/mol. The predicted octanol–water partition coefficient (Wildman–Crippen LogP) is 0.100. The highest BCUT2D eigenvalue weighted by atomic mass is 35.5. The Morgan fingerprint density at radius 1 is 1.48 bits per heavy atom. The summed E-state index contributed by atoms with van der Waals surface area (Å²) in [4.78, 5) is 3.77. The summed E-state index contributed by atoms with van der Waals surface area (Å²) in [6.45, 7) is 1.89. The minimum Gasteiger partial charge on any atom is -0.383 e. The van der Waals surface area contributed by atoms with Gasteiger partial charge in [0.1, 0.15) is 10.7 Å². The van der Waals surface area contributed by atoms with Gasteiger partial charge in [0.25, 0.3) is 0 Å². The van der Waals surface area contributed by atoms with Gasteiger partial charge in [-0.2, -0.15) is 4.31 Å². The molecule has 1 aromatic rings. The molecule has 2 atom stereocenters. The summed E-state index contributed by atoms with van der Waals surface area (Å²) in [6, 6.07) is 1.12. The molecule has 118 valence electrons. The van der Waals surface area contributed by atoms with E-state index in [0.29, 0.717) is 26.2 Å². The normalized spacial score (nSPS) is 26.1. The van der Waals surface area contributed by atoms with Crippen LogP contribution in [0.2, 0.25) is 5.02 Å². The summed E-state index contributed by atoms with van der Waals surface area (Å²) < 4.78 is 32.5. The minimum atomic E-state index is -3.73. The van der Waals surface area contributed by atoms with Gasteiger partial charge in [-0.1, -0.05) is 11.6 Å². The van der Waals surface area contributed by atoms with Crippen molar-refractivity contribution in [1.29, 1.82) is 0 Å². The van der Waals surface area contributed by atoms with E-state index < -0.39 is 10.0 Å². The van der Waals surface area contributed by atoms with E-state index in [1.807, 2.05) is 0 Å². The highest BCUT2D eigenvalue weighted by Crippen LogP contribution is 2.29. The quantitative estimate of drug-likeness (QED) is 0.781. The molecule has 0 bridgehead atoms. The van der Waals surface area contributed by atoms with Crippen LogP contribution in [0.3, 0.4) is 0 Å². The van der Waals surface area contributed by atoms with Crippen LogP contribution in [0.25, 0.3) is 0 Å². The van der Waals surface area contributed by atoms with Gasteiger partial charge < -0.3 is 15.8 Å². The Hall–Kier alpha value is -0.640. The first-order chi connectivity index (χ1) is 9.50. The second kappa shape index (κ2) is 6.23. The number of hydrogen-bond donors (Lipinski definition) is 2. The van der Waals surface area contributed by atoms with Crippen molar-refractivity contribution in [3.63, 3.8) is 0 Å². The van der Waals surface area contributed by atoms with Crippen LogP contribution >= 0.6 is 24.0 Å². The molecule has 0 radical (unpaired) electrons. The van der Waals surface area contributed by atoms with Gasteiger partial charge in [-0.3, -0.25) is 0 Å². The third-order valence-electron chi connectivity index (χ3n) is 3.58. The van der Waals surface area contributed by atoms with E-state index in [1.54, 1.807) is 0 Å². The van der Waals surface area contributed by atoms with E-state index >= 15 is 0 Å². The fourth-order valence-corrected chi connectivity index (χ4v) is 4.57. The van der Waals surface area contributed by atoms with Crippen molar-refractivity contribution in [2.75, 3.05) is 32.0 Å². The van der Waals surface area contributed by atoms with Crippen molar-refractivity contribution < 1.29 is 13.2 Å². The lowest BCUT2D eigenvalue weighted by molar-refractivity contribution is -0.0149. The van der Waals surface area contributed by atoms with E-state index in [9.17, 15) is 8.42 Å². The Bertz CT molecular complexity index is 628. The third-order valence-corrected chi connectivity index (χ3v) is 5.74. The van der Waals surface area contributed by atoms with Crippen molar-refractivity contribution in [2.45, 2.75) is 17.0 Å². The number of nitrogen functional groups attached to an aromatic ring is 1. The lowest BCUT2D eigenvalue weighted by atomic mass is 10.2. The molecule has 2 aliphatic heterocycles. The maximum atomic E-state index is 12.8. The first-order valence-electron chi connectivity index (χ1n) is 6.25. The zero-order valence-electron chi connectivity index (χ0n) is 11.0. The van der Waals surface area contributed by atoms with Crippen molar-refractivity contribution in [1.82, 2.24) is 14.6 Å². The SMILES string of the molecule is Cl.Nc1ncc(Cl)cc1S(=O)(=O)N1CCO[C@H]2CNC[C@H]21. The number of nitrogens with two attached hydrogens (primary N) is 1. The molecule has 1 aromatic heterocycles. The van der Waals surface area contributed by atoms with Gasteiger partial charge in [0, 0.05) is 25.8 Å². The Balaban J connectivity index is 0.00000161. The topological polar surface area (TPSA) is 97.5 Å². The summed E-state index contributed by atoms with van der Waals surface area (Å²) in [5.74, 6) is -0.0385. The standard InChI is InChI=1S/C11H15ClN4O3S.ClH/c12-7-3-10(11(13)15-4-7)20(17,18)16-1-2-19-9-6-14-5-8(9)16;/h3-4,8-9,14H,1-2,5-6H2,(H2,13,15);1H/t8-,9+;/m1./s1. The van der Waals surface area contributed by atoms with Crippen LogP contribution in [0.15, 0.2) is 17.2 Å². The van der Waals surface area contributed by atoms with Crippen LogP contribution in [0.4, 0.5) is 5.82 Å². The van der Waals surface area contributed by atoms with Crippen molar-refractivity contribution >= 4 is 39.8 Å². The van der Waals surface area contributed by atoms with Crippen LogP contribution in [0.1, 0.15) is 0 Å². The number of hydrogen-bond acceptors (Lipinski definition) is 6. The van der Waals surface area contributed by atoms with Gasteiger partial charge in [0.2, 0.25) is 10.0 Å². The molecule has 0 aromatic carbocycles. The second-order valence-electron chi connectivity index (χ2n) is 4.79. The number of pyridine rings is 1. The fourth-order valence-electron chi connectivity index (χ4n) is 2.62. The van der Waals surface area contributed by atoms with Crippen molar-refractivity contribution in [2.24, 2.45) is 0 Å². The van der Waals surface area contributed by atoms with E-state index in [2.05, 4.69) is 10.3 Å². The summed E-state index contributed by atoms with van der Waals surface area (Å²) in [6.07, 6.45) is 1.21. The van der Waals surface area contributed by atoms with Gasteiger partial charge in [-0.15, -0.1) is 12.4 Å². The number of morpholine rings is 1. The molecule has 2 saturated heterocycles. The lowest BCUT2D eigenvalue weighted by Gasteiger charge is -2.35. The zero-order valence-corrected chi connectivity index (χ0v) is 13.4. The molecular formula is C11H16Cl2N4O3S. The maximum Gasteiger partial charge on any atom is 0.247 e. The van der Waals surface area contributed by atoms with Gasteiger partial charge in [-0.05, 0) is 6.07 Å². The van der Waals surface area contributed by atoms with E-state index in [4.69, 9.17) is 22.1 Å². The molecule has 2 aliphatic rings. The first kappa shape index (κ1) is 16.7. The molecule has 3 rings (SSSR count). The number of anilines is 1. The van der Waals surface area contributed by atoms with E-state index in [1.165, 1.54) is 16.6 Å². The van der Waals surface area contributed by atoms with Gasteiger partial charge in [0.15, 0.2) is 0 Å². The number of ether oxygens (including phenoxy) is 1. The molecule has 3 heterocycles. The van der Waals surface area contributed by atoms with Crippen LogP contribution in [0, 0.1) is 0 Å². The molecule has 7 nitrogen and oxygen atoms in total. The smallest absolute Gasteiger partial charge is 0.247 e. The molecule has 0 saturated carbocycles. The second-order valence-corrected chi connectivity index (χ2v) is 7.08. The number of sulfonamides is 1. The number of fused-ring (bicyclic) bond motifs is 1. The molecule has 0 amide bonds. The van der Waals surface area contributed by atoms with E-state index in [0.717, 1.165) is 0 Å². The highest BCUT2D eigenvalue weighted by Gasteiger charge is 2.43. The number of nitrogens with one attached hydrogen (secondary N) is 1. The van der Waals surface area contributed by atoms with Gasteiger partial charge in [-0.25, -0.2) is 13.4 Å². The summed E-state index contributed by atoms with van der Waals surface area (Å²) >= 11 is 5.84. The predicted molar refractivity (Wildman–Crippen MR) is 81.2 cm³/mol. The maximum absolute atomic E-state index is 12.8. The lowest BCUT2D eigenvalue weighted by Crippen LogP contribution is -2.53. The average Bonchev–Trinajstić information content (AvgIpc) is 2.89. The molecule has 2 fully saturated rings. The molecule has 0 aliphatic carbocycles. The van der Waals surface area contributed by atoms with Gasteiger partial charge >= 0.3 is 0 Å². The number of rotatable bonds is 2. The first-order valence-corrected chi connectivity index (χ1v) is 8.07. The monoisotopic (exact) mass is 354 g/mol. The number of aromatic nitrogens is 1. The number of nitrogens with zero attached hydrogens (tertiary/aromatic N) is 2. The molecule has 3 N–H and O–H groups in total. The highest BCUT2D eigenvalue weighted by molar-refractivity contribution is 7.89. The fraction of sp³-hybridized carbons (Fsp3) is 0.545. The van der Waals surface area contributed by atoms with Crippen LogP contribution < -0.4 is 11.1 Å². The zero-order chi connectivity index (χ0) is 14.3. The van der Waals surface area contributed by atoms with Crippen LogP contribution in [0.5, 0.6) is 0 Å². The van der Waals surface area contributed by atoms with Crippen LogP contribution in [-0.2, 0) is 14.8 Å². The largest absolute Gasteiger partial charge is 0.383 e. The number of halogens is 2. The molecule has 0 unspecified atom stereocenters.